The molecule has 0 bridgehead atoms. The molecule has 8 nitrogen and oxygen atoms in total. The lowest BCUT2D eigenvalue weighted by Gasteiger charge is -2.31. The van der Waals surface area contributed by atoms with Crippen molar-refractivity contribution >= 4 is 17.6 Å². The molecule has 3 heterocycles. The zero-order valence-electron chi connectivity index (χ0n) is 19.1. The Bertz CT molecular complexity index is 868. The van der Waals surface area contributed by atoms with Gasteiger partial charge in [0, 0.05) is 37.9 Å². The largest absolute Gasteiger partial charge is 0.356 e. The first-order chi connectivity index (χ1) is 15.0. The molecule has 1 fully saturated rings. The van der Waals surface area contributed by atoms with Crippen molar-refractivity contribution in [3.05, 3.63) is 35.8 Å². The Morgan fingerprint density at radius 2 is 1.94 bits per heavy atom. The molecular weight excluding hydrogens is 392 g/mol. The summed E-state index contributed by atoms with van der Waals surface area (Å²) in [6.07, 6.45) is 6.30. The molecule has 0 atom stereocenters. The van der Waals surface area contributed by atoms with Crippen LogP contribution in [0.4, 0.5) is 4.79 Å². The fourth-order valence-corrected chi connectivity index (χ4v) is 4.04. The molecule has 1 saturated heterocycles. The second-order valence-electron chi connectivity index (χ2n) is 8.29. The number of carbonyl (C=O) groups excluding carboxylic acids is 2. The van der Waals surface area contributed by atoms with E-state index in [0.29, 0.717) is 39.0 Å². The lowest BCUT2D eigenvalue weighted by molar-refractivity contribution is -0.126. The summed E-state index contributed by atoms with van der Waals surface area (Å²) in [7, 11) is 0. The van der Waals surface area contributed by atoms with Crippen molar-refractivity contribution in [3.8, 4) is 0 Å². The lowest BCUT2D eigenvalue weighted by Crippen LogP contribution is -2.46. The molecule has 0 saturated carbocycles. The van der Waals surface area contributed by atoms with Gasteiger partial charge < -0.3 is 24.8 Å². The SMILES string of the molecule is CCN(CC)CCCNC(=O)C1CCN(C(=O)NCc2cn3ccc(C)cc3n2)CC1. The zero-order valence-corrected chi connectivity index (χ0v) is 19.1. The topological polar surface area (TPSA) is 82.0 Å². The summed E-state index contributed by atoms with van der Waals surface area (Å²) in [5.41, 5.74) is 2.87. The molecule has 3 amide bonds. The first kappa shape index (κ1) is 23.1. The van der Waals surface area contributed by atoms with Crippen LogP contribution in [0.2, 0.25) is 0 Å². The van der Waals surface area contributed by atoms with Crippen molar-refractivity contribution in [2.75, 3.05) is 39.3 Å². The van der Waals surface area contributed by atoms with Gasteiger partial charge >= 0.3 is 6.03 Å². The summed E-state index contributed by atoms with van der Waals surface area (Å²) < 4.78 is 1.96. The number of urea groups is 1. The van der Waals surface area contributed by atoms with E-state index >= 15 is 0 Å². The highest BCUT2D eigenvalue weighted by Crippen LogP contribution is 2.17. The number of carbonyl (C=O) groups is 2. The molecule has 0 aromatic carbocycles. The van der Waals surface area contributed by atoms with Gasteiger partial charge in [0.1, 0.15) is 5.65 Å². The Morgan fingerprint density at radius 1 is 1.19 bits per heavy atom. The van der Waals surface area contributed by atoms with Crippen molar-refractivity contribution in [2.24, 2.45) is 5.92 Å². The Balaban J connectivity index is 1.36. The number of fused-ring (bicyclic) bond motifs is 1. The maximum atomic E-state index is 12.5. The van der Waals surface area contributed by atoms with Crippen LogP contribution in [0.3, 0.4) is 0 Å². The number of pyridine rings is 1. The van der Waals surface area contributed by atoms with Gasteiger partial charge in [0.25, 0.3) is 0 Å². The molecule has 0 radical (unpaired) electrons. The minimum absolute atomic E-state index is 0.000757. The molecule has 2 aromatic rings. The normalized spacial score (nSPS) is 14.9. The van der Waals surface area contributed by atoms with Gasteiger partial charge in [0.2, 0.25) is 5.91 Å². The molecule has 170 valence electrons. The smallest absolute Gasteiger partial charge is 0.317 e. The van der Waals surface area contributed by atoms with Crippen LogP contribution >= 0.6 is 0 Å². The molecular formula is C23H36N6O2. The standard InChI is InChI=1S/C23H36N6O2/c1-4-27(5-2)11-6-10-24-22(30)19-8-13-28(14-9-19)23(31)25-16-20-17-29-12-7-18(3)15-21(29)26-20/h7,12,15,17,19H,4-6,8-11,13-14,16H2,1-3H3,(H,24,30)(H,25,31). The molecule has 2 aromatic heterocycles. The third-order valence-corrected chi connectivity index (χ3v) is 6.08. The highest BCUT2D eigenvalue weighted by molar-refractivity contribution is 5.79. The van der Waals surface area contributed by atoms with Crippen LogP contribution < -0.4 is 10.6 Å². The summed E-state index contributed by atoms with van der Waals surface area (Å²) in [5.74, 6) is 0.124. The van der Waals surface area contributed by atoms with Gasteiger partial charge in [0.15, 0.2) is 0 Å². The van der Waals surface area contributed by atoms with Crippen LogP contribution in [0.5, 0.6) is 0 Å². The summed E-state index contributed by atoms with van der Waals surface area (Å²) in [5, 5.41) is 6.03. The van der Waals surface area contributed by atoms with Crippen molar-refractivity contribution in [1.82, 2.24) is 29.8 Å². The van der Waals surface area contributed by atoms with Crippen molar-refractivity contribution in [1.29, 1.82) is 0 Å². The van der Waals surface area contributed by atoms with Gasteiger partial charge in [-0.25, -0.2) is 9.78 Å². The van der Waals surface area contributed by atoms with Gasteiger partial charge in [-0.1, -0.05) is 13.8 Å². The molecule has 2 N–H and O–H groups in total. The van der Waals surface area contributed by atoms with E-state index < -0.39 is 0 Å². The number of hydrogen-bond acceptors (Lipinski definition) is 4. The molecule has 0 unspecified atom stereocenters. The van der Waals surface area contributed by atoms with Crippen LogP contribution in [0.15, 0.2) is 24.5 Å². The Kier molecular flexibility index (Phi) is 8.28. The van der Waals surface area contributed by atoms with Crippen LogP contribution in [-0.4, -0.2) is 70.4 Å². The third kappa shape index (κ3) is 6.43. The van der Waals surface area contributed by atoms with Gasteiger partial charge in [-0.15, -0.1) is 0 Å². The number of aryl methyl sites for hydroxylation is 1. The number of hydrogen-bond donors (Lipinski definition) is 2. The fourth-order valence-electron chi connectivity index (χ4n) is 4.04. The van der Waals surface area contributed by atoms with Crippen LogP contribution in [0.25, 0.3) is 5.65 Å². The minimum Gasteiger partial charge on any atom is -0.356 e. The first-order valence-electron chi connectivity index (χ1n) is 11.5. The summed E-state index contributed by atoms with van der Waals surface area (Å²) in [6, 6.07) is 3.96. The van der Waals surface area contributed by atoms with E-state index in [4.69, 9.17) is 0 Å². The average molecular weight is 429 g/mol. The van der Waals surface area contributed by atoms with Crippen molar-refractivity contribution < 1.29 is 9.59 Å². The van der Waals surface area contributed by atoms with E-state index in [2.05, 4.69) is 34.4 Å². The number of nitrogens with one attached hydrogen (secondary N) is 2. The second kappa shape index (κ2) is 11.1. The number of likely N-dealkylation sites (tertiary alicyclic amines) is 1. The number of rotatable bonds is 9. The Hall–Kier alpha value is -2.61. The molecule has 0 aliphatic carbocycles. The molecule has 8 heteroatoms. The molecule has 31 heavy (non-hydrogen) atoms. The van der Waals surface area contributed by atoms with Gasteiger partial charge in [-0.3, -0.25) is 4.79 Å². The molecule has 1 aliphatic rings. The van der Waals surface area contributed by atoms with E-state index in [0.717, 1.165) is 43.0 Å². The van der Waals surface area contributed by atoms with Gasteiger partial charge in [0.05, 0.1) is 12.2 Å². The predicted octanol–water partition coefficient (Wildman–Crippen LogP) is 2.41. The Labute approximate surface area is 185 Å². The highest BCUT2D eigenvalue weighted by Gasteiger charge is 2.27. The predicted molar refractivity (Wildman–Crippen MR) is 122 cm³/mol. The van der Waals surface area contributed by atoms with Crippen LogP contribution in [0.1, 0.15) is 44.4 Å². The number of amides is 3. The number of nitrogens with zero attached hydrogens (tertiary/aromatic N) is 4. The summed E-state index contributed by atoms with van der Waals surface area (Å²) in [6.45, 7) is 11.8. The number of aromatic nitrogens is 2. The zero-order chi connectivity index (χ0) is 22.2. The monoisotopic (exact) mass is 428 g/mol. The Morgan fingerprint density at radius 3 is 2.65 bits per heavy atom. The van der Waals surface area contributed by atoms with Gasteiger partial charge in [-0.05, 0) is 63.5 Å². The maximum absolute atomic E-state index is 12.5. The summed E-state index contributed by atoms with van der Waals surface area (Å²) >= 11 is 0. The van der Waals surface area contributed by atoms with Crippen molar-refractivity contribution in [3.63, 3.8) is 0 Å². The highest BCUT2D eigenvalue weighted by atomic mass is 16.2. The lowest BCUT2D eigenvalue weighted by atomic mass is 9.96. The maximum Gasteiger partial charge on any atom is 0.317 e. The van der Waals surface area contributed by atoms with E-state index in [1.54, 1.807) is 4.90 Å². The van der Waals surface area contributed by atoms with Crippen LogP contribution in [0, 0.1) is 12.8 Å². The van der Waals surface area contributed by atoms with E-state index in [1.807, 2.05) is 35.9 Å². The second-order valence-corrected chi connectivity index (χ2v) is 8.29. The summed E-state index contributed by atoms with van der Waals surface area (Å²) in [4.78, 5) is 33.7. The van der Waals surface area contributed by atoms with Crippen molar-refractivity contribution in [2.45, 2.75) is 46.6 Å². The third-order valence-electron chi connectivity index (χ3n) is 6.08. The molecule has 0 spiro atoms. The van der Waals surface area contributed by atoms with Gasteiger partial charge in [-0.2, -0.15) is 0 Å². The quantitative estimate of drug-likeness (QED) is 0.601. The van der Waals surface area contributed by atoms with E-state index in [-0.39, 0.29) is 17.9 Å². The van der Waals surface area contributed by atoms with E-state index in [9.17, 15) is 9.59 Å². The first-order valence-corrected chi connectivity index (χ1v) is 11.5. The molecule has 1 aliphatic heterocycles. The fraction of sp³-hybridized carbons (Fsp3) is 0.609. The van der Waals surface area contributed by atoms with E-state index in [1.165, 1.54) is 0 Å². The molecule has 3 rings (SSSR count). The van der Waals surface area contributed by atoms with Crippen LogP contribution in [-0.2, 0) is 11.3 Å². The minimum atomic E-state index is -0.0914. The average Bonchev–Trinajstić information content (AvgIpc) is 3.19. The number of imidazole rings is 1. The number of piperidine rings is 1.